The molecule has 0 aliphatic carbocycles. The number of carbonyl (C=O) groups is 1. The van der Waals surface area contributed by atoms with Crippen molar-refractivity contribution in [3.63, 3.8) is 0 Å². The second-order valence-corrected chi connectivity index (χ2v) is 9.93. The lowest BCUT2D eigenvalue weighted by molar-refractivity contribution is -0.129. The Morgan fingerprint density at radius 3 is 2.28 bits per heavy atom. The van der Waals surface area contributed by atoms with Crippen LogP contribution in [0.5, 0.6) is 0 Å². The summed E-state index contributed by atoms with van der Waals surface area (Å²) in [4.78, 5) is 15.9. The van der Waals surface area contributed by atoms with Crippen LogP contribution < -0.4 is 0 Å². The van der Waals surface area contributed by atoms with E-state index in [1.807, 2.05) is 0 Å². The Morgan fingerprint density at radius 1 is 1.03 bits per heavy atom. The van der Waals surface area contributed by atoms with E-state index >= 15 is 0 Å². The molecule has 2 aromatic rings. The summed E-state index contributed by atoms with van der Waals surface area (Å²) in [6, 6.07) is 9.64. The zero-order chi connectivity index (χ0) is 22.9. The van der Waals surface area contributed by atoms with E-state index in [9.17, 15) is 22.7 Å². The van der Waals surface area contributed by atoms with Crippen LogP contribution in [-0.4, -0.2) is 68.6 Å². The molecule has 1 fully saturated rings. The molecule has 32 heavy (non-hydrogen) atoms. The Hall–Kier alpha value is -2.46. The number of rotatable bonds is 6. The van der Waals surface area contributed by atoms with Crippen molar-refractivity contribution in [3.8, 4) is 0 Å². The molecule has 2 heterocycles. The quantitative estimate of drug-likeness (QED) is 0.684. The molecule has 2 aliphatic rings. The lowest BCUT2D eigenvalue weighted by Gasteiger charge is -2.31. The fourth-order valence-corrected chi connectivity index (χ4v) is 5.70. The molecule has 1 N–H and O–H groups in total. The standard InChI is InChI=1S/C22H22ClFN2O5S/c23-16-3-7-18(8-4-16)32(29,30)21-19(15-1-5-17(24)6-2-15)26(22(28)20(21)27)10-9-25-11-13-31-14-12-25/h1-8,19,27H,9-14H2/t19-/m1/s1. The second-order valence-electron chi connectivity index (χ2n) is 7.58. The van der Waals surface area contributed by atoms with Gasteiger partial charge in [-0.05, 0) is 42.0 Å². The van der Waals surface area contributed by atoms with Gasteiger partial charge >= 0.3 is 0 Å². The van der Waals surface area contributed by atoms with Crippen molar-refractivity contribution in [2.45, 2.75) is 10.9 Å². The number of amides is 1. The van der Waals surface area contributed by atoms with Crippen LogP contribution in [0.15, 0.2) is 64.1 Å². The van der Waals surface area contributed by atoms with Gasteiger partial charge in [0.05, 0.1) is 24.2 Å². The highest BCUT2D eigenvalue weighted by Gasteiger charge is 2.46. The lowest BCUT2D eigenvalue weighted by atomic mass is 10.1. The molecule has 4 rings (SSSR count). The Balaban J connectivity index is 1.73. The second kappa shape index (κ2) is 9.19. The third kappa shape index (κ3) is 4.38. The normalized spacial score (nSPS) is 20.2. The number of aliphatic hydroxyl groups excluding tert-OH is 1. The van der Waals surface area contributed by atoms with Gasteiger partial charge in [-0.2, -0.15) is 0 Å². The van der Waals surface area contributed by atoms with Crippen LogP contribution in [0, 0.1) is 5.82 Å². The molecule has 2 aliphatic heterocycles. The molecule has 0 aromatic heterocycles. The van der Waals surface area contributed by atoms with Gasteiger partial charge < -0.3 is 14.7 Å². The summed E-state index contributed by atoms with van der Waals surface area (Å²) in [5.41, 5.74) is 0.387. The Morgan fingerprint density at radius 2 is 1.66 bits per heavy atom. The Labute approximate surface area is 190 Å². The molecular weight excluding hydrogens is 459 g/mol. The van der Waals surface area contributed by atoms with Gasteiger partial charge in [-0.25, -0.2) is 12.8 Å². The maximum absolute atomic E-state index is 13.6. The number of halogens is 2. The van der Waals surface area contributed by atoms with Crippen molar-refractivity contribution in [1.82, 2.24) is 9.80 Å². The summed E-state index contributed by atoms with van der Waals surface area (Å²) in [6.07, 6.45) is 0. The minimum absolute atomic E-state index is 0.0987. The molecule has 1 atom stereocenters. The monoisotopic (exact) mass is 480 g/mol. The molecule has 170 valence electrons. The van der Waals surface area contributed by atoms with Crippen LogP contribution in [0.25, 0.3) is 0 Å². The van der Waals surface area contributed by atoms with Crippen LogP contribution in [0.3, 0.4) is 0 Å². The average molecular weight is 481 g/mol. The molecule has 0 radical (unpaired) electrons. The van der Waals surface area contributed by atoms with Crippen LogP contribution in [0.2, 0.25) is 5.02 Å². The molecule has 10 heteroatoms. The van der Waals surface area contributed by atoms with Gasteiger partial charge in [0.25, 0.3) is 5.91 Å². The smallest absolute Gasteiger partial charge is 0.290 e. The van der Waals surface area contributed by atoms with E-state index in [1.54, 1.807) is 0 Å². The predicted molar refractivity (Wildman–Crippen MR) is 116 cm³/mol. The van der Waals surface area contributed by atoms with Gasteiger partial charge in [0.1, 0.15) is 10.7 Å². The first-order valence-corrected chi connectivity index (χ1v) is 12.0. The SMILES string of the molecule is O=C1C(O)=C(S(=O)(=O)c2ccc(Cl)cc2)[C@@H](c2ccc(F)cc2)N1CCN1CCOCC1. The zero-order valence-corrected chi connectivity index (χ0v) is 18.7. The van der Waals surface area contributed by atoms with Crippen LogP contribution >= 0.6 is 11.6 Å². The molecule has 0 saturated carbocycles. The molecule has 0 spiro atoms. The first-order chi connectivity index (χ1) is 15.3. The number of morpholine rings is 1. The summed E-state index contributed by atoms with van der Waals surface area (Å²) in [5, 5.41) is 11.0. The Bertz CT molecular complexity index is 1130. The number of aliphatic hydroxyl groups is 1. The molecule has 0 unspecified atom stereocenters. The van der Waals surface area contributed by atoms with Crippen molar-refractivity contribution in [1.29, 1.82) is 0 Å². The highest BCUT2D eigenvalue weighted by molar-refractivity contribution is 7.95. The Kier molecular flexibility index (Phi) is 6.52. The number of benzene rings is 2. The number of nitrogens with zero attached hydrogens (tertiary/aromatic N) is 2. The van der Waals surface area contributed by atoms with Gasteiger partial charge in [-0.15, -0.1) is 0 Å². The fourth-order valence-electron chi connectivity index (χ4n) is 3.93. The molecule has 2 aromatic carbocycles. The summed E-state index contributed by atoms with van der Waals surface area (Å²) >= 11 is 5.88. The number of carbonyl (C=O) groups excluding carboxylic acids is 1. The molecule has 0 bridgehead atoms. The van der Waals surface area contributed by atoms with E-state index < -0.39 is 38.3 Å². The van der Waals surface area contributed by atoms with Gasteiger partial charge in [0.15, 0.2) is 5.76 Å². The van der Waals surface area contributed by atoms with E-state index in [2.05, 4.69) is 4.90 Å². The minimum atomic E-state index is -4.24. The van der Waals surface area contributed by atoms with Crippen molar-refractivity contribution in [2.24, 2.45) is 0 Å². The van der Waals surface area contributed by atoms with Gasteiger partial charge in [-0.1, -0.05) is 23.7 Å². The highest BCUT2D eigenvalue weighted by atomic mass is 35.5. The summed E-state index contributed by atoms with van der Waals surface area (Å²) < 4.78 is 45.8. The summed E-state index contributed by atoms with van der Waals surface area (Å²) in [6.45, 7) is 3.21. The highest BCUT2D eigenvalue weighted by Crippen LogP contribution is 2.42. The molecule has 1 amide bonds. The average Bonchev–Trinajstić information content (AvgIpc) is 3.04. The largest absolute Gasteiger partial charge is 0.502 e. The van der Waals surface area contributed by atoms with E-state index in [1.165, 1.54) is 53.4 Å². The van der Waals surface area contributed by atoms with Gasteiger partial charge in [0.2, 0.25) is 9.84 Å². The maximum Gasteiger partial charge on any atom is 0.290 e. The van der Waals surface area contributed by atoms with Gasteiger partial charge in [-0.3, -0.25) is 9.69 Å². The van der Waals surface area contributed by atoms with Crippen molar-refractivity contribution < 1.29 is 27.4 Å². The molecular formula is C22H22ClFN2O5S. The third-order valence-electron chi connectivity index (χ3n) is 5.62. The predicted octanol–water partition coefficient (Wildman–Crippen LogP) is 2.94. The van der Waals surface area contributed by atoms with Crippen molar-refractivity contribution >= 4 is 27.3 Å². The van der Waals surface area contributed by atoms with Crippen LogP contribution in [-0.2, 0) is 19.4 Å². The lowest BCUT2D eigenvalue weighted by Crippen LogP contribution is -2.43. The van der Waals surface area contributed by atoms with Crippen molar-refractivity contribution in [3.05, 3.63) is 75.6 Å². The summed E-state index contributed by atoms with van der Waals surface area (Å²) in [7, 11) is -4.24. The number of hydrogen-bond acceptors (Lipinski definition) is 6. The first kappa shape index (κ1) is 22.7. The molecule has 7 nitrogen and oxygen atoms in total. The third-order valence-corrected chi connectivity index (χ3v) is 7.76. The maximum atomic E-state index is 13.6. The van der Waals surface area contributed by atoms with E-state index in [4.69, 9.17) is 16.3 Å². The molecule has 1 saturated heterocycles. The first-order valence-electron chi connectivity index (χ1n) is 10.1. The topological polar surface area (TPSA) is 87.1 Å². The van der Waals surface area contributed by atoms with E-state index in [0.717, 1.165) is 0 Å². The van der Waals surface area contributed by atoms with Crippen molar-refractivity contribution in [2.75, 3.05) is 39.4 Å². The van der Waals surface area contributed by atoms with Gasteiger partial charge in [0, 0.05) is 31.2 Å². The number of sulfone groups is 1. The number of hydrogen-bond donors (Lipinski definition) is 1. The van der Waals surface area contributed by atoms with E-state index in [0.29, 0.717) is 43.4 Å². The minimum Gasteiger partial charge on any atom is -0.502 e. The number of ether oxygens (including phenoxy) is 1. The zero-order valence-electron chi connectivity index (χ0n) is 17.1. The van der Waals surface area contributed by atoms with E-state index in [-0.39, 0.29) is 11.4 Å². The fraction of sp³-hybridized carbons (Fsp3) is 0.318. The van der Waals surface area contributed by atoms with Crippen LogP contribution in [0.1, 0.15) is 11.6 Å². The summed E-state index contributed by atoms with van der Waals surface area (Å²) in [5.74, 6) is -2.09. The van der Waals surface area contributed by atoms with Crippen LogP contribution in [0.4, 0.5) is 4.39 Å².